The summed E-state index contributed by atoms with van der Waals surface area (Å²) in [5, 5.41) is 12.9. The summed E-state index contributed by atoms with van der Waals surface area (Å²) in [4.78, 5) is 53.4. The van der Waals surface area contributed by atoms with Gasteiger partial charge in [0.25, 0.3) is 5.54 Å². The lowest BCUT2D eigenvalue weighted by Gasteiger charge is -2.48. The van der Waals surface area contributed by atoms with Crippen molar-refractivity contribution in [3.63, 3.8) is 0 Å². The van der Waals surface area contributed by atoms with Crippen LogP contribution in [0.5, 0.6) is 0 Å². The fourth-order valence-electron chi connectivity index (χ4n) is 6.26. The van der Waals surface area contributed by atoms with Crippen molar-refractivity contribution >= 4 is 23.5 Å². The van der Waals surface area contributed by atoms with E-state index in [2.05, 4.69) is 0 Å². The first-order valence-electron chi connectivity index (χ1n) is 11.4. The van der Waals surface area contributed by atoms with E-state index in [1.807, 2.05) is 12.1 Å². The summed E-state index contributed by atoms with van der Waals surface area (Å²) >= 11 is 0. The molecule has 8 heteroatoms. The van der Waals surface area contributed by atoms with Crippen LogP contribution in [0.1, 0.15) is 45.5 Å². The maximum Gasteiger partial charge on any atom is 0.338 e. The second-order valence-electron chi connectivity index (χ2n) is 8.96. The summed E-state index contributed by atoms with van der Waals surface area (Å²) < 4.78 is 5.00. The minimum Gasteiger partial charge on any atom is -0.462 e. The van der Waals surface area contributed by atoms with Crippen molar-refractivity contribution < 1.29 is 24.0 Å². The van der Waals surface area contributed by atoms with Crippen molar-refractivity contribution in [3.8, 4) is 0 Å². The van der Waals surface area contributed by atoms with Crippen LogP contribution in [0.2, 0.25) is 0 Å². The van der Waals surface area contributed by atoms with Crippen LogP contribution in [0.3, 0.4) is 0 Å². The maximum absolute atomic E-state index is 13.9. The zero-order chi connectivity index (χ0) is 24.5. The Labute approximate surface area is 200 Å². The Kier molecular flexibility index (Phi) is 4.45. The Bertz CT molecular complexity index is 1380. The standard InChI is InChI=1S/C27H20N2O6/c1-2-35-26(32)15-11-13-16(14-12-15)28-24(30)22-21-17-7-3-5-9-19(17)27(29(33)34,23(22)25(28)31)20-10-6-4-8-18(20)21/h3-14,21-23H,2H2,1H3/t21?,22-,23+,27?/m0/s1. The SMILES string of the molecule is CCOC(=O)c1ccc(N2C(=O)[C@H]3C4c5ccccc5C([N+](=O)[O-])(c5ccccc54)[C@H]3C2=O)cc1. The van der Waals surface area contributed by atoms with Crippen LogP contribution in [0, 0.1) is 22.0 Å². The van der Waals surface area contributed by atoms with Crippen molar-refractivity contribution in [2.45, 2.75) is 18.4 Å². The van der Waals surface area contributed by atoms with Crippen molar-refractivity contribution in [2.24, 2.45) is 11.8 Å². The highest BCUT2D eigenvalue weighted by molar-refractivity contribution is 6.23. The minimum atomic E-state index is -1.86. The molecule has 8 nitrogen and oxygen atoms in total. The summed E-state index contributed by atoms with van der Waals surface area (Å²) in [5.74, 6) is -4.12. The summed E-state index contributed by atoms with van der Waals surface area (Å²) in [5.41, 5.74) is 1.06. The highest BCUT2D eigenvalue weighted by atomic mass is 16.6. The molecule has 0 N–H and O–H groups in total. The second kappa shape index (κ2) is 7.33. The van der Waals surface area contributed by atoms with Gasteiger partial charge in [0.2, 0.25) is 11.8 Å². The molecule has 3 aromatic rings. The number of nitrogens with zero attached hydrogens (tertiary/aromatic N) is 2. The molecule has 4 aliphatic rings. The van der Waals surface area contributed by atoms with Crippen LogP contribution in [-0.2, 0) is 19.9 Å². The number of ether oxygens (including phenoxy) is 1. The number of benzene rings is 3. The van der Waals surface area contributed by atoms with E-state index in [9.17, 15) is 24.5 Å². The molecule has 1 aliphatic heterocycles. The molecule has 0 radical (unpaired) electrons. The van der Waals surface area contributed by atoms with Gasteiger partial charge in [-0.2, -0.15) is 0 Å². The van der Waals surface area contributed by atoms with Crippen LogP contribution < -0.4 is 4.90 Å². The average molecular weight is 468 g/mol. The topological polar surface area (TPSA) is 107 Å². The van der Waals surface area contributed by atoms with Crippen LogP contribution in [0.15, 0.2) is 72.8 Å². The van der Waals surface area contributed by atoms with E-state index < -0.39 is 46.0 Å². The second-order valence-corrected chi connectivity index (χ2v) is 8.96. The zero-order valence-corrected chi connectivity index (χ0v) is 18.7. The fourth-order valence-corrected chi connectivity index (χ4v) is 6.26. The van der Waals surface area contributed by atoms with Gasteiger partial charge in [0.15, 0.2) is 0 Å². The van der Waals surface area contributed by atoms with Gasteiger partial charge in [-0.25, -0.2) is 9.69 Å². The Morgan fingerprint density at radius 1 is 0.943 bits per heavy atom. The van der Waals surface area contributed by atoms with Crippen LogP contribution in [0.4, 0.5) is 5.69 Å². The summed E-state index contributed by atoms with van der Waals surface area (Å²) in [6.07, 6.45) is 0. The molecule has 1 fully saturated rings. The van der Waals surface area contributed by atoms with E-state index in [0.717, 1.165) is 4.90 Å². The molecule has 1 saturated heterocycles. The molecule has 3 aromatic carbocycles. The molecule has 2 bridgehead atoms. The maximum atomic E-state index is 13.9. The van der Waals surface area contributed by atoms with Gasteiger partial charge in [0.05, 0.1) is 23.8 Å². The lowest BCUT2D eigenvalue weighted by Crippen LogP contribution is -2.57. The number of nitro groups is 1. The number of esters is 1. The quantitative estimate of drug-likeness (QED) is 0.250. The summed E-state index contributed by atoms with van der Waals surface area (Å²) in [6, 6.07) is 20.1. The lowest BCUT2D eigenvalue weighted by molar-refractivity contribution is -0.578. The number of carbonyl (C=O) groups is 3. The predicted octanol–water partition coefficient (Wildman–Crippen LogP) is 3.65. The number of hydrogen-bond donors (Lipinski definition) is 0. The van der Waals surface area contributed by atoms with Crippen molar-refractivity contribution in [2.75, 3.05) is 11.5 Å². The normalized spacial score (nSPS) is 25.6. The Morgan fingerprint density at radius 3 is 2.06 bits per heavy atom. The molecule has 35 heavy (non-hydrogen) atoms. The fraction of sp³-hybridized carbons (Fsp3) is 0.222. The van der Waals surface area contributed by atoms with E-state index in [1.54, 1.807) is 43.3 Å². The molecule has 0 spiro atoms. The number of carbonyl (C=O) groups excluding carboxylic acids is 3. The van der Waals surface area contributed by atoms with Gasteiger partial charge in [-0.3, -0.25) is 19.7 Å². The number of rotatable bonds is 4. The third-order valence-corrected chi connectivity index (χ3v) is 7.50. The van der Waals surface area contributed by atoms with Crippen molar-refractivity contribution in [1.82, 2.24) is 0 Å². The molecule has 0 unspecified atom stereocenters. The Morgan fingerprint density at radius 2 is 1.51 bits per heavy atom. The van der Waals surface area contributed by atoms with E-state index in [1.165, 1.54) is 24.3 Å². The first-order chi connectivity index (χ1) is 16.9. The Balaban J connectivity index is 1.53. The molecule has 0 saturated carbocycles. The molecule has 7 rings (SSSR count). The monoisotopic (exact) mass is 468 g/mol. The van der Waals surface area contributed by atoms with Gasteiger partial charge in [0.1, 0.15) is 5.92 Å². The van der Waals surface area contributed by atoms with Gasteiger partial charge >= 0.3 is 5.97 Å². The highest BCUT2D eigenvalue weighted by Crippen LogP contribution is 2.64. The zero-order valence-electron chi connectivity index (χ0n) is 18.7. The average Bonchev–Trinajstić information content (AvgIpc) is 3.14. The molecule has 1 heterocycles. The molecule has 174 valence electrons. The number of hydrogen-bond acceptors (Lipinski definition) is 6. The third-order valence-electron chi connectivity index (χ3n) is 7.50. The largest absolute Gasteiger partial charge is 0.462 e. The molecule has 3 aliphatic carbocycles. The lowest BCUT2D eigenvalue weighted by atomic mass is 9.51. The first kappa shape index (κ1) is 21.2. The van der Waals surface area contributed by atoms with Gasteiger partial charge in [-0.15, -0.1) is 0 Å². The van der Waals surface area contributed by atoms with E-state index in [-0.39, 0.29) is 17.9 Å². The van der Waals surface area contributed by atoms with Crippen molar-refractivity contribution in [1.29, 1.82) is 0 Å². The molecule has 0 aromatic heterocycles. The van der Waals surface area contributed by atoms with Crippen LogP contribution in [0.25, 0.3) is 0 Å². The van der Waals surface area contributed by atoms with Gasteiger partial charge < -0.3 is 4.74 Å². The molecule has 2 atom stereocenters. The van der Waals surface area contributed by atoms with Gasteiger partial charge in [-0.1, -0.05) is 48.5 Å². The minimum absolute atomic E-state index is 0.221. The number of imide groups is 1. The van der Waals surface area contributed by atoms with E-state index in [0.29, 0.717) is 22.3 Å². The van der Waals surface area contributed by atoms with E-state index >= 15 is 0 Å². The first-order valence-corrected chi connectivity index (χ1v) is 11.4. The Hall–Kier alpha value is -4.33. The third kappa shape index (κ3) is 2.53. The number of anilines is 1. The number of amides is 2. The highest BCUT2D eigenvalue weighted by Gasteiger charge is 2.74. The van der Waals surface area contributed by atoms with Crippen LogP contribution in [-0.4, -0.2) is 29.3 Å². The molecular weight excluding hydrogens is 448 g/mol. The van der Waals surface area contributed by atoms with Crippen LogP contribution >= 0.6 is 0 Å². The molecule has 2 amide bonds. The van der Waals surface area contributed by atoms with Gasteiger partial charge in [0, 0.05) is 22.0 Å². The smallest absolute Gasteiger partial charge is 0.338 e. The van der Waals surface area contributed by atoms with Gasteiger partial charge in [-0.05, 0) is 42.3 Å². The summed E-state index contributed by atoms with van der Waals surface area (Å²) in [7, 11) is 0. The van der Waals surface area contributed by atoms with E-state index in [4.69, 9.17) is 4.74 Å². The van der Waals surface area contributed by atoms with Crippen molar-refractivity contribution in [3.05, 3.63) is 111 Å². The predicted molar refractivity (Wildman–Crippen MR) is 124 cm³/mol. The molecular formula is C27H20N2O6. The summed E-state index contributed by atoms with van der Waals surface area (Å²) in [6.45, 7) is 1.92.